The minimum Gasteiger partial charge on any atom is -0.364 e. The number of halogens is 2. The Kier molecular flexibility index (Phi) is 5.48. The molecular weight excluding hydrogens is 330 g/mol. The summed E-state index contributed by atoms with van der Waals surface area (Å²) in [5.41, 5.74) is -1.31. The Balaban J connectivity index is 2.34. The number of nitrogens with one attached hydrogen (secondary N) is 2. The lowest BCUT2D eigenvalue weighted by molar-refractivity contribution is -0.136. The van der Waals surface area contributed by atoms with Crippen LogP contribution in [0.15, 0.2) is 42.5 Å². The second-order valence-corrected chi connectivity index (χ2v) is 5.55. The zero-order valence-corrected chi connectivity index (χ0v) is 14.0. The lowest BCUT2D eigenvalue weighted by Gasteiger charge is -2.27. The molecule has 0 radical (unpaired) electrons. The Morgan fingerprint density at radius 2 is 1.56 bits per heavy atom. The van der Waals surface area contributed by atoms with E-state index in [1.807, 2.05) is 0 Å². The van der Waals surface area contributed by atoms with Crippen LogP contribution in [0.1, 0.15) is 19.4 Å². The molecule has 0 fully saturated rings. The third-order valence-electron chi connectivity index (χ3n) is 3.78. The molecule has 5 nitrogen and oxygen atoms in total. The number of carbonyl (C=O) groups excluding carboxylic acids is 2. The van der Waals surface area contributed by atoms with E-state index in [-0.39, 0.29) is 11.4 Å². The van der Waals surface area contributed by atoms with E-state index >= 15 is 0 Å². The minimum absolute atomic E-state index is 0.233. The number of benzene rings is 2. The topological polar surface area (TPSA) is 67.4 Å². The van der Waals surface area contributed by atoms with E-state index in [0.29, 0.717) is 11.6 Å². The second kappa shape index (κ2) is 7.40. The lowest BCUT2D eigenvalue weighted by Crippen LogP contribution is -2.39. The number of anilines is 2. The van der Waals surface area contributed by atoms with Gasteiger partial charge in [-0.2, -0.15) is 0 Å². The molecule has 2 aromatic rings. The van der Waals surface area contributed by atoms with E-state index in [1.165, 1.54) is 21.0 Å². The van der Waals surface area contributed by atoms with Crippen LogP contribution in [0.4, 0.5) is 20.2 Å². The predicted octanol–water partition coefficient (Wildman–Crippen LogP) is 3.42. The molecule has 0 aromatic heterocycles. The van der Waals surface area contributed by atoms with Crippen LogP contribution in [0.2, 0.25) is 0 Å². The normalized spacial score (nSPS) is 13.0. The molecule has 0 saturated heterocycles. The number of hydrogen-bond acceptors (Lipinski definition) is 3. The van der Waals surface area contributed by atoms with Crippen molar-refractivity contribution in [3.63, 3.8) is 0 Å². The van der Waals surface area contributed by atoms with Gasteiger partial charge >= 0.3 is 0 Å². The Morgan fingerprint density at radius 1 is 1.00 bits per heavy atom. The van der Waals surface area contributed by atoms with Crippen molar-refractivity contribution in [2.75, 3.05) is 17.7 Å². The molecule has 1 atom stereocenters. The van der Waals surface area contributed by atoms with Crippen molar-refractivity contribution < 1.29 is 23.1 Å². The SMILES string of the molecule is CO[C@](C)(C(=O)Nc1cc(NC(C)=O)c(F)cc1F)c1ccccc1. The Bertz CT molecular complexity index is 796. The maximum Gasteiger partial charge on any atom is 0.261 e. The first-order valence-electron chi connectivity index (χ1n) is 7.46. The highest BCUT2D eigenvalue weighted by Crippen LogP contribution is 2.29. The molecule has 0 aliphatic heterocycles. The zero-order valence-electron chi connectivity index (χ0n) is 14.0. The standard InChI is InChI=1S/C18H18F2N2O3/c1-11(23)21-15-10-16(14(20)9-13(15)19)22-17(24)18(2,25-3)12-7-5-4-6-8-12/h4-10H,1-3H3,(H,21,23)(H,22,24)/t18-/m0/s1. The summed E-state index contributed by atoms with van der Waals surface area (Å²) < 4.78 is 33.1. The number of carbonyl (C=O) groups is 2. The van der Waals surface area contributed by atoms with Crippen molar-refractivity contribution in [3.8, 4) is 0 Å². The third-order valence-corrected chi connectivity index (χ3v) is 3.78. The Labute approximate surface area is 144 Å². The first kappa shape index (κ1) is 18.5. The van der Waals surface area contributed by atoms with Crippen LogP contribution >= 0.6 is 0 Å². The number of ether oxygens (including phenoxy) is 1. The molecule has 25 heavy (non-hydrogen) atoms. The highest BCUT2D eigenvalue weighted by Gasteiger charge is 2.35. The van der Waals surface area contributed by atoms with Gasteiger partial charge in [0, 0.05) is 20.1 Å². The van der Waals surface area contributed by atoms with E-state index in [0.717, 1.165) is 6.07 Å². The van der Waals surface area contributed by atoms with Crippen LogP contribution in [0.5, 0.6) is 0 Å². The Hall–Kier alpha value is -2.80. The number of hydrogen-bond donors (Lipinski definition) is 2. The largest absolute Gasteiger partial charge is 0.364 e. The molecule has 0 saturated carbocycles. The maximum atomic E-state index is 14.0. The van der Waals surface area contributed by atoms with Crippen LogP contribution in [0.3, 0.4) is 0 Å². The van der Waals surface area contributed by atoms with E-state index < -0.39 is 29.0 Å². The average molecular weight is 348 g/mol. The molecule has 2 rings (SSSR count). The molecule has 0 aliphatic carbocycles. The van der Waals surface area contributed by atoms with Crippen molar-refractivity contribution in [3.05, 3.63) is 59.7 Å². The molecule has 7 heteroatoms. The third kappa shape index (κ3) is 4.00. The van der Waals surface area contributed by atoms with Gasteiger partial charge in [-0.1, -0.05) is 30.3 Å². The summed E-state index contributed by atoms with van der Waals surface area (Å²) in [5.74, 6) is -3.07. The maximum absolute atomic E-state index is 14.0. The van der Waals surface area contributed by atoms with Crippen molar-refractivity contribution >= 4 is 23.2 Å². The molecule has 2 amide bonds. The summed E-state index contributed by atoms with van der Waals surface area (Å²) >= 11 is 0. The molecule has 2 N–H and O–H groups in total. The van der Waals surface area contributed by atoms with Gasteiger partial charge in [0.2, 0.25) is 5.91 Å². The molecule has 2 aromatic carbocycles. The fourth-order valence-corrected chi connectivity index (χ4v) is 2.27. The van der Waals surface area contributed by atoms with Gasteiger partial charge in [-0.25, -0.2) is 8.78 Å². The molecule has 0 unspecified atom stereocenters. The van der Waals surface area contributed by atoms with Crippen molar-refractivity contribution in [1.82, 2.24) is 0 Å². The summed E-state index contributed by atoms with van der Waals surface area (Å²) in [6.07, 6.45) is 0. The number of methoxy groups -OCH3 is 1. The van der Waals surface area contributed by atoms with E-state index in [2.05, 4.69) is 10.6 Å². The summed E-state index contributed by atoms with van der Waals surface area (Å²) in [6.45, 7) is 2.73. The van der Waals surface area contributed by atoms with Crippen LogP contribution in [0, 0.1) is 11.6 Å². The summed E-state index contributed by atoms with van der Waals surface area (Å²) in [4.78, 5) is 23.7. The van der Waals surface area contributed by atoms with E-state index in [4.69, 9.17) is 4.74 Å². The van der Waals surface area contributed by atoms with Gasteiger partial charge in [0.05, 0.1) is 11.4 Å². The molecule has 0 bridgehead atoms. The highest BCUT2D eigenvalue weighted by molar-refractivity contribution is 5.98. The molecule has 0 heterocycles. The fourth-order valence-electron chi connectivity index (χ4n) is 2.27. The second-order valence-electron chi connectivity index (χ2n) is 5.55. The monoisotopic (exact) mass is 348 g/mol. The summed E-state index contributed by atoms with van der Waals surface area (Å²) in [5, 5.41) is 4.62. The first-order valence-corrected chi connectivity index (χ1v) is 7.46. The van der Waals surface area contributed by atoms with Crippen molar-refractivity contribution in [2.45, 2.75) is 19.4 Å². The lowest BCUT2D eigenvalue weighted by atomic mass is 9.94. The Morgan fingerprint density at radius 3 is 2.08 bits per heavy atom. The van der Waals surface area contributed by atoms with Gasteiger partial charge in [-0.15, -0.1) is 0 Å². The smallest absolute Gasteiger partial charge is 0.261 e. The first-order chi connectivity index (χ1) is 11.8. The average Bonchev–Trinajstić information content (AvgIpc) is 2.58. The highest BCUT2D eigenvalue weighted by atomic mass is 19.1. The van der Waals surface area contributed by atoms with Crippen LogP contribution in [-0.2, 0) is 19.9 Å². The van der Waals surface area contributed by atoms with Gasteiger partial charge in [0.15, 0.2) is 5.60 Å². The van der Waals surface area contributed by atoms with Crippen molar-refractivity contribution in [1.29, 1.82) is 0 Å². The van der Waals surface area contributed by atoms with Crippen LogP contribution in [0.25, 0.3) is 0 Å². The predicted molar refractivity (Wildman–Crippen MR) is 90.1 cm³/mol. The van der Waals surface area contributed by atoms with Crippen LogP contribution in [-0.4, -0.2) is 18.9 Å². The zero-order chi connectivity index (χ0) is 18.6. The van der Waals surface area contributed by atoms with E-state index in [9.17, 15) is 18.4 Å². The molecular formula is C18H18F2N2O3. The van der Waals surface area contributed by atoms with Gasteiger partial charge in [-0.05, 0) is 18.6 Å². The van der Waals surface area contributed by atoms with Crippen molar-refractivity contribution in [2.24, 2.45) is 0 Å². The number of amides is 2. The van der Waals surface area contributed by atoms with Gasteiger partial charge in [0.1, 0.15) is 11.6 Å². The van der Waals surface area contributed by atoms with Gasteiger partial charge in [-0.3, -0.25) is 9.59 Å². The van der Waals surface area contributed by atoms with Gasteiger partial charge in [0.25, 0.3) is 5.91 Å². The molecule has 0 aliphatic rings. The minimum atomic E-state index is -1.38. The molecule has 132 valence electrons. The summed E-state index contributed by atoms with van der Waals surface area (Å²) in [7, 11) is 1.36. The number of rotatable bonds is 5. The summed E-state index contributed by atoms with van der Waals surface area (Å²) in [6, 6.07) is 10.3. The molecule has 0 spiro atoms. The van der Waals surface area contributed by atoms with Crippen LogP contribution < -0.4 is 10.6 Å². The van der Waals surface area contributed by atoms with Gasteiger partial charge < -0.3 is 15.4 Å². The quantitative estimate of drug-likeness (QED) is 0.870. The fraction of sp³-hybridized carbons (Fsp3) is 0.222. The van der Waals surface area contributed by atoms with E-state index in [1.54, 1.807) is 30.3 Å².